The van der Waals surface area contributed by atoms with Crippen LogP contribution in [0.1, 0.15) is 31.7 Å². The highest BCUT2D eigenvalue weighted by Gasteiger charge is 2.14. The minimum Gasteiger partial charge on any atom is -0.361 e. The Bertz CT molecular complexity index is 697. The maximum Gasteiger partial charge on any atom is 0.190 e. The summed E-state index contributed by atoms with van der Waals surface area (Å²) in [5.41, 5.74) is 2.56. The number of para-hydroxylation sites is 1. The minimum absolute atomic E-state index is 0.880. The molecule has 5 nitrogen and oxygen atoms in total. The number of benzene rings is 1. The molecule has 5 heteroatoms. The Balaban J connectivity index is 1.33. The van der Waals surface area contributed by atoms with Crippen molar-refractivity contribution in [1.82, 2.24) is 20.5 Å². The maximum atomic E-state index is 4.34. The van der Waals surface area contributed by atoms with Crippen LogP contribution in [0.3, 0.4) is 0 Å². The fourth-order valence-corrected chi connectivity index (χ4v) is 3.67. The molecule has 0 spiro atoms. The number of H-pyrrole nitrogens is 1. The van der Waals surface area contributed by atoms with Crippen LogP contribution >= 0.6 is 0 Å². The molecule has 2 aromatic rings. The lowest BCUT2D eigenvalue weighted by Gasteiger charge is -2.30. The standard InChI is InChI=1S/C21H33N5/c1-17-9-14-26(15-10-17)13-5-11-23-21(22-2)24-12-8-18-16-25-20-7-4-3-6-19(18)20/h3-4,6-7,16-17,25H,5,8-15H2,1-2H3,(H2,22,23,24). The van der Waals surface area contributed by atoms with E-state index in [0.717, 1.165) is 37.8 Å². The van der Waals surface area contributed by atoms with Crippen LogP contribution in [0.4, 0.5) is 0 Å². The normalized spacial score (nSPS) is 16.9. The molecule has 142 valence electrons. The van der Waals surface area contributed by atoms with Crippen molar-refractivity contribution in [2.24, 2.45) is 10.9 Å². The molecule has 2 heterocycles. The highest BCUT2D eigenvalue weighted by atomic mass is 15.2. The second-order valence-electron chi connectivity index (χ2n) is 7.41. The summed E-state index contributed by atoms with van der Waals surface area (Å²) in [6, 6.07) is 8.46. The topological polar surface area (TPSA) is 55.5 Å². The summed E-state index contributed by atoms with van der Waals surface area (Å²) in [7, 11) is 1.84. The number of aromatic nitrogens is 1. The zero-order valence-corrected chi connectivity index (χ0v) is 16.2. The van der Waals surface area contributed by atoms with Gasteiger partial charge in [-0.15, -0.1) is 0 Å². The summed E-state index contributed by atoms with van der Waals surface area (Å²) in [5.74, 6) is 1.81. The van der Waals surface area contributed by atoms with E-state index in [0.29, 0.717) is 0 Å². The molecule has 1 saturated heterocycles. The van der Waals surface area contributed by atoms with Crippen molar-refractivity contribution in [3.8, 4) is 0 Å². The van der Waals surface area contributed by atoms with Gasteiger partial charge in [0.2, 0.25) is 0 Å². The van der Waals surface area contributed by atoms with Crippen molar-refractivity contribution in [2.75, 3.05) is 39.8 Å². The van der Waals surface area contributed by atoms with E-state index in [-0.39, 0.29) is 0 Å². The molecule has 0 bridgehead atoms. The monoisotopic (exact) mass is 355 g/mol. The number of nitrogens with one attached hydrogen (secondary N) is 3. The molecule has 1 aliphatic rings. The lowest BCUT2D eigenvalue weighted by Crippen LogP contribution is -2.40. The Morgan fingerprint density at radius 2 is 1.96 bits per heavy atom. The zero-order chi connectivity index (χ0) is 18.2. The summed E-state index contributed by atoms with van der Waals surface area (Å²) in [6.45, 7) is 7.93. The first-order valence-electron chi connectivity index (χ1n) is 9.98. The van der Waals surface area contributed by atoms with Crippen molar-refractivity contribution in [1.29, 1.82) is 0 Å². The molecule has 3 N–H and O–H groups in total. The van der Waals surface area contributed by atoms with Gasteiger partial charge >= 0.3 is 0 Å². The van der Waals surface area contributed by atoms with Crippen LogP contribution in [-0.4, -0.2) is 55.6 Å². The van der Waals surface area contributed by atoms with Gasteiger partial charge in [-0.3, -0.25) is 4.99 Å². The Kier molecular flexibility index (Phi) is 6.95. The minimum atomic E-state index is 0.880. The third kappa shape index (κ3) is 5.24. The lowest BCUT2D eigenvalue weighted by atomic mass is 9.99. The number of aliphatic imine (C=N–C) groups is 1. The van der Waals surface area contributed by atoms with Gasteiger partial charge in [-0.05, 0) is 62.9 Å². The van der Waals surface area contributed by atoms with Gasteiger partial charge < -0.3 is 20.5 Å². The molecule has 0 saturated carbocycles. The summed E-state index contributed by atoms with van der Waals surface area (Å²) in [6.07, 6.45) is 6.96. The first-order chi connectivity index (χ1) is 12.8. The van der Waals surface area contributed by atoms with Gasteiger partial charge in [0.05, 0.1) is 0 Å². The average molecular weight is 356 g/mol. The number of piperidine rings is 1. The first-order valence-corrected chi connectivity index (χ1v) is 9.98. The molecule has 26 heavy (non-hydrogen) atoms. The van der Waals surface area contributed by atoms with Crippen LogP contribution in [0, 0.1) is 5.92 Å². The molecule has 0 aliphatic carbocycles. The van der Waals surface area contributed by atoms with Crippen molar-refractivity contribution in [3.05, 3.63) is 36.0 Å². The Labute approximate surface area is 157 Å². The number of guanidine groups is 1. The van der Waals surface area contributed by atoms with Gasteiger partial charge in [0, 0.05) is 37.2 Å². The molecule has 0 unspecified atom stereocenters. The van der Waals surface area contributed by atoms with Crippen LogP contribution in [0.2, 0.25) is 0 Å². The maximum absolute atomic E-state index is 4.34. The highest BCUT2D eigenvalue weighted by Crippen LogP contribution is 2.17. The molecular formula is C21H33N5. The Morgan fingerprint density at radius 3 is 2.77 bits per heavy atom. The van der Waals surface area contributed by atoms with E-state index in [2.05, 4.69) is 62.9 Å². The van der Waals surface area contributed by atoms with Gasteiger partial charge in [-0.2, -0.15) is 0 Å². The number of fused-ring (bicyclic) bond motifs is 1. The molecule has 1 aromatic heterocycles. The largest absolute Gasteiger partial charge is 0.361 e. The van der Waals surface area contributed by atoms with E-state index in [1.807, 2.05) is 7.05 Å². The smallest absolute Gasteiger partial charge is 0.190 e. The van der Waals surface area contributed by atoms with Crippen LogP contribution in [0.5, 0.6) is 0 Å². The number of hydrogen-bond acceptors (Lipinski definition) is 2. The second kappa shape index (κ2) is 9.62. The molecule has 3 rings (SSSR count). The molecule has 0 radical (unpaired) electrons. The predicted molar refractivity (Wildman–Crippen MR) is 111 cm³/mol. The highest BCUT2D eigenvalue weighted by molar-refractivity contribution is 5.83. The van der Waals surface area contributed by atoms with Gasteiger partial charge in [-0.1, -0.05) is 25.1 Å². The van der Waals surface area contributed by atoms with Crippen LogP contribution in [0.15, 0.2) is 35.5 Å². The summed E-state index contributed by atoms with van der Waals surface area (Å²) in [4.78, 5) is 10.3. The van der Waals surface area contributed by atoms with Crippen molar-refractivity contribution < 1.29 is 0 Å². The van der Waals surface area contributed by atoms with Crippen LogP contribution in [0.25, 0.3) is 10.9 Å². The molecule has 0 amide bonds. The van der Waals surface area contributed by atoms with E-state index in [1.54, 1.807) is 0 Å². The number of aromatic amines is 1. The van der Waals surface area contributed by atoms with Gasteiger partial charge in [0.25, 0.3) is 0 Å². The number of likely N-dealkylation sites (tertiary alicyclic amines) is 1. The van der Waals surface area contributed by atoms with Gasteiger partial charge in [0.15, 0.2) is 5.96 Å². The first kappa shape index (κ1) is 18.8. The van der Waals surface area contributed by atoms with E-state index in [4.69, 9.17) is 0 Å². The Hall–Kier alpha value is -2.01. The Morgan fingerprint density at radius 1 is 1.19 bits per heavy atom. The van der Waals surface area contributed by atoms with Crippen LogP contribution < -0.4 is 10.6 Å². The van der Waals surface area contributed by atoms with Crippen molar-refractivity contribution >= 4 is 16.9 Å². The number of nitrogens with zero attached hydrogens (tertiary/aromatic N) is 2. The molecular weight excluding hydrogens is 322 g/mol. The summed E-state index contributed by atoms with van der Waals surface area (Å²) < 4.78 is 0. The van der Waals surface area contributed by atoms with E-state index >= 15 is 0 Å². The summed E-state index contributed by atoms with van der Waals surface area (Å²) in [5, 5.41) is 8.18. The van der Waals surface area contributed by atoms with Crippen LogP contribution in [-0.2, 0) is 6.42 Å². The summed E-state index contributed by atoms with van der Waals surface area (Å²) >= 11 is 0. The van der Waals surface area contributed by atoms with Gasteiger partial charge in [-0.25, -0.2) is 0 Å². The zero-order valence-electron chi connectivity index (χ0n) is 16.2. The quantitative estimate of drug-likeness (QED) is 0.407. The lowest BCUT2D eigenvalue weighted by molar-refractivity contribution is 0.191. The van der Waals surface area contributed by atoms with Crippen molar-refractivity contribution in [3.63, 3.8) is 0 Å². The fraction of sp³-hybridized carbons (Fsp3) is 0.571. The molecule has 1 aromatic carbocycles. The predicted octanol–water partition coefficient (Wildman–Crippen LogP) is 3.00. The number of hydrogen-bond donors (Lipinski definition) is 3. The van der Waals surface area contributed by atoms with E-state index in [1.165, 1.54) is 48.9 Å². The average Bonchev–Trinajstić information content (AvgIpc) is 3.08. The second-order valence-corrected chi connectivity index (χ2v) is 7.41. The van der Waals surface area contributed by atoms with E-state index < -0.39 is 0 Å². The van der Waals surface area contributed by atoms with E-state index in [9.17, 15) is 0 Å². The SMILES string of the molecule is CN=C(NCCCN1CCC(C)CC1)NCCc1c[nH]c2ccccc12. The van der Waals surface area contributed by atoms with Gasteiger partial charge in [0.1, 0.15) is 0 Å². The molecule has 1 fully saturated rings. The molecule has 1 aliphatic heterocycles. The fourth-order valence-electron chi connectivity index (χ4n) is 3.67. The van der Waals surface area contributed by atoms with Crippen molar-refractivity contribution in [2.45, 2.75) is 32.6 Å². The number of rotatable bonds is 7. The third-order valence-corrected chi connectivity index (χ3v) is 5.41. The molecule has 0 atom stereocenters. The third-order valence-electron chi connectivity index (χ3n) is 5.41.